The van der Waals surface area contributed by atoms with E-state index >= 15 is 0 Å². The number of halogens is 2. The Labute approximate surface area is 304 Å². The molecule has 266 valence electrons. The number of aliphatic hydroxyl groups is 1. The molecule has 4 aromatic rings. The van der Waals surface area contributed by atoms with Gasteiger partial charge in [-0.1, -0.05) is 59.6 Å². The maximum atomic E-state index is 13.8. The molecule has 4 N–H and O–H groups in total. The standard InChI is InChI=1S/C36H39Cl2N3O8S/c1-40-12-11-22(17-40)20-49-35(45)36(21-42,24-7-5-4-6-8-24)39-16-25-14-27(33(50-25)34(43)44)26(15-28-29(37)18-41(46)19-30(28)38)23-9-10-31(47-2)32(13-23)48-3/h4-10,13-14,18-19,22,26,39,42H,11-12,15-17,20-21H2,1-3H3,(H-,43,44,46)/p+1/t22-,26+,36?/m1/s1. The first-order valence-corrected chi connectivity index (χ1v) is 17.5. The van der Waals surface area contributed by atoms with Crippen molar-refractivity contribution in [3.63, 3.8) is 0 Å². The van der Waals surface area contributed by atoms with Crippen LogP contribution in [0.1, 0.15) is 49.1 Å². The molecule has 0 radical (unpaired) electrons. The summed E-state index contributed by atoms with van der Waals surface area (Å²) in [6.45, 7) is 1.41. The zero-order valence-electron chi connectivity index (χ0n) is 27.9. The summed E-state index contributed by atoms with van der Waals surface area (Å²) < 4.78 is 17.6. The molecule has 1 unspecified atom stereocenters. The first-order valence-electron chi connectivity index (χ1n) is 15.9. The number of likely N-dealkylation sites (tertiary alicyclic amines) is 1. The van der Waals surface area contributed by atoms with Crippen LogP contribution >= 0.6 is 34.5 Å². The number of aliphatic hydroxyl groups excluding tert-OH is 1. The molecule has 1 aliphatic heterocycles. The molecule has 50 heavy (non-hydrogen) atoms. The number of esters is 1. The summed E-state index contributed by atoms with van der Waals surface area (Å²) in [6, 6.07) is 15.9. The topological polar surface area (TPSA) is 142 Å². The SMILES string of the molecule is COc1ccc([C@H](Cc2c(Cl)c[n+](O)cc2Cl)c2cc(CNC(CO)(C(=O)OC[C@@H]3CCN(C)C3)c3ccccc3)sc2C(=O)O)cc1OC. The summed E-state index contributed by atoms with van der Waals surface area (Å²) >= 11 is 14.1. The number of aromatic nitrogens is 1. The van der Waals surface area contributed by atoms with Gasteiger partial charge in [-0.15, -0.1) is 11.3 Å². The number of rotatable bonds is 15. The van der Waals surface area contributed by atoms with Crippen molar-refractivity contribution < 1.29 is 44.0 Å². The van der Waals surface area contributed by atoms with E-state index < -0.39 is 30.0 Å². The van der Waals surface area contributed by atoms with Gasteiger partial charge in [-0.3, -0.25) is 10.5 Å². The number of carboxylic acid groups (broad SMARTS) is 1. The maximum Gasteiger partial charge on any atom is 0.346 e. The van der Waals surface area contributed by atoms with Crippen LogP contribution in [0.4, 0.5) is 0 Å². The van der Waals surface area contributed by atoms with Crippen molar-refractivity contribution in [1.82, 2.24) is 10.2 Å². The molecule has 3 atom stereocenters. The Morgan fingerprint density at radius 2 is 1.78 bits per heavy atom. The van der Waals surface area contributed by atoms with Crippen molar-refractivity contribution in [3.05, 3.63) is 109 Å². The molecule has 3 heterocycles. The molecule has 0 aliphatic carbocycles. The quantitative estimate of drug-likeness (QED) is 0.0735. The third-order valence-electron chi connectivity index (χ3n) is 9.02. The number of benzene rings is 2. The highest BCUT2D eigenvalue weighted by Gasteiger charge is 2.42. The molecule has 0 amide bonds. The van der Waals surface area contributed by atoms with E-state index in [0.29, 0.717) is 38.6 Å². The highest BCUT2D eigenvalue weighted by molar-refractivity contribution is 7.14. The number of pyridine rings is 1. The number of methoxy groups -OCH3 is 2. The Hall–Kier alpha value is -3.91. The molecule has 0 spiro atoms. The van der Waals surface area contributed by atoms with Crippen molar-refractivity contribution >= 4 is 46.5 Å². The molecule has 14 heteroatoms. The van der Waals surface area contributed by atoms with Gasteiger partial charge in [-0.25, -0.2) is 9.59 Å². The van der Waals surface area contributed by atoms with Crippen LogP contribution in [0, 0.1) is 5.92 Å². The van der Waals surface area contributed by atoms with Crippen LogP contribution in [0.3, 0.4) is 0 Å². The lowest BCUT2D eigenvalue weighted by Gasteiger charge is -2.31. The maximum absolute atomic E-state index is 13.8. The number of hydrogen-bond donors (Lipinski definition) is 4. The van der Waals surface area contributed by atoms with Gasteiger partial charge >= 0.3 is 11.9 Å². The van der Waals surface area contributed by atoms with Gasteiger partial charge in [0.25, 0.3) is 0 Å². The van der Waals surface area contributed by atoms with Crippen LogP contribution < -0.4 is 19.5 Å². The van der Waals surface area contributed by atoms with Crippen LogP contribution in [0.2, 0.25) is 10.0 Å². The summed E-state index contributed by atoms with van der Waals surface area (Å²) in [4.78, 5) is 29.5. The molecule has 2 aromatic heterocycles. The Balaban J connectivity index is 1.53. The molecule has 2 aromatic carbocycles. The van der Waals surface area contributed by atoms with Crippen LogP contribution in [0.25, 0.3) is 0 Å². The largest absolute Gasteiger partial charge is 0.493 e. The van der Waals surface area contributed by atoms with Crippen LogP contribution in [0.5, 0.6) is 11.5 Å². The fourth-order valence-corrected chi connectivity index (χ4v) is 7.94. The molecule has 1 aliphatic rings. The third kappa shape index (κ3) is 8.17. The summed E-state index contributed by atoms with van der Waals surface area (Å²) in [7, 11) is 5.05. The average Bonchev–Trinajstić information content (AvgIpc) is 3.73. The predicted octanol–water partition coefficient (Wildman–Crippen LogP) is 5.14. The van der Waals surface area contributed by atoms with Crippen molar-refractivity contribution in [2.75, 3.05) is 47.6 Å². The normalized spacial score (nSPS) is 16.5. The van der Waals surface area contributed by atoms with Gasteiger partial charge < -0.3 is 29.3 Å². The van der Waals surface area contributed by atoms with Gasteiger partial charge in [0.15, 0.2) is 17.0 Å². The lowest BCUT2D eigenvalue weighted by molar-refractivity contribution is -0.904. The molecule has 5 rings (SSSR count). The highest BCUT2D eigenvalue weighted by Crippen LogP contribution is 2.41. The number of ether oxygens (including phenoxy) is 3. The summed E-state index contributed by atoms with van der Waals surface area (Å²) in [5.41, 5.74) is 0.587. The number of carbonyl (C=O) groups excluding carboxylic acids is 1. The number of thiophene rings is 1. The first-order chi connectivity index (χ1) is 24.0. The second kappa shape index (κ2) is 16.4. The van der Waals surface area contributed by atoms with Crippen molar-refractivity contribution in [2.24, 2.45) is 5.92 Å². The second-order valence-electron chi connectivity index (χ2n) is 12.3. The van der Waals surface area contributed by atoms with Crippen LogP contribution in [-0.2, 0) is 28.0 Å². The van der Waals surface area contributed by atoms with Crippen molar-refractivity contribution in [1.29, 1.82) is 0 Å². The molecular weight excluding hydrogens is 705 g/mol. The number of nitrogens with one attached hydrogen (secondary N) is 1. The molecule has 0 saturated carbocycles. The Bertz CT molecular complexity index is 1800. The fraction of sp³-hybridized carbons (Fsp3) is 0.361. The van der Waals surface area contributed by atoms with E-state index in [0.717, 1.165) is 35.6 Å². The predicted molar refractivity (Wildman–Crippen MR) is 189 cm³/mol. The van der Waals surface area contributed by atoms with E-state index in [2.05, 4.69) is 10.2 Å². The zero-order valence-corrected chi connectivity index (χ0v) is 30.2. The molecule has 0 bridgehead atoms. The Morgan fingerprint density at radius 3 is 2.38 bits per heavy atom. The minimum absolute atomic E-state index is 0.0394. The molecule has 11 nitrogen and oxygen atoms in total. The summed E-state index contributed by atoms with van der Waals surface area (Å²) in [6.07, 6.45) is 3.69. The lowest BCUT2D eigenvalue weighted by atomic mass is 9.85. The molecule has 1 fully saturated rings. The number of carbonyl (C=O) groups is 2. The van der Waals surface area contributed by atoms with E-state index in [1.807, 2.05) is 19.2 Å². The average molecular weight is 746 g/mol. The molecular formula is C36H40Cl2N3O8S+. The molecule has 1 saturated heterocycles. The summed E-state index contributed by atoms with van der Waals surface area (Å²) in [5.74, 6) is -1.22. The number of nitrogens with zero attached hydrogens (tertiary/aromatic N) is 2. The smallest absolute Gasteiger partial charge is 0.346 e. The minimum atomic E-state index is -1.60. The van der Waals surface area contributed by atoms with Crippen LogP contribution in [0.15, 0.2) is 67.0 Å². The minimum Gasteiger partial charge on any atom is -0.493 e. The van der Waals surface area contributed by atoms with Gasteiger partial charge in [0.05, 0.1) is 27.4 Å². The summed E-state index contributed by atoms with van der Waals surface area (Å²) in [5, 5.41) is 34.8. The van der Waals surface area contributed by atoms with Gasteiger partial charge in [-0.2, -0.15) is 0 Å². The third-order valence-corrected chi connectivity index (χ3v) is 10.8. The van der Waals surface area contributed by atoms with Gasteiger partial charge in [0, 0.05) is 40.1 Å². The van der Waals surface area contributed by atoms with E-state index in [4.69, 9.17) is 37.4 Å². The second-order valence-corrected chi connectivity index (χ2v) is 14.2. The van der Waals surface area contributed by atoms with Gasteiger partial charge in [0.2, 0.25) is 12.4 Å². The van der Waals surface area contributed by atoms with Crippen molar-refractivity contribution in [2.45, 2.75) is 30.8 Å². The van der Waals surface area contributed by atoms with Gasteiger partial charge in [-0.05, 0) is 61.3 Å². The van der Waals surface area contributed by atoms with E-state index in [1.165, 1.54) is 26.6 Å². The highest BCUT2D eigenvalue weighted by atomic mass is 35.5. The fourth-order valence-electron chi connectivity index (χ4n) is 6.33. The monoisotopic (exact) mass is 744 g/mol. The Kier molecular flexibility index (Phi) is 12.3. The zero-order chi connectivity index (χ0) is 36.0. The van der Waals surface area contributed by atoms with Crippen molar-refractivity contribution in [3.8, 4) is 11.5 Å². The number of hydrogen-bond acceptors (Lipinski definition) is 10. The number of aromatic carboxylic acids is 1. The first kappa shape index (κ1) is 37.3. The van der Waals surface area contributed by atoms with E-state index in [-0.39, 0.29) is 40.4 Å². The van der Waals surface area contributed by atoms with E-state index in [1.54, 1.807) is 42.5 Å². The lowest BCUT2D eigenvalue weighted by Crippen LogP contribution is -2.53. The van der Waals surface area contributed by atoms with Crippen LogP contribution in [-0.4, -0.2) is 79.8 Å². The van der Waals surface area contributed by atoms with E-state index in [9.17, 15) is 25.0 Å². The Morgan fingerprint density at radius 1 is 1.08 bits per heavy atom. The number of carboxylic acids is 1. The van der Waals surface area contributed by atoms with Gasteiger partial charge in [0.1, 0.15) is 14.9 Å².